The van der Waals surface area contributed by atoms with Gasteiger partial charge in [-0.15, -0.1) is 0 Å². The third-order valence-corrected chi connectivity index (χ3v) is 45.1. The number of aliphatic carboxylic acids is 1. The minimum absolute atomic E-state index is 0.288. The van der Waals surface area contributed by atoms with Crippen molar-refractivity contribution in [3.8, 4) is 0 Å². The summed E-state index contributed by atoms with van der Waals surface area (Å²) in [5.41, 5.74) is 0. The summed E-state index contributed by atoms with van der Waals surface area (Å²) in [6.07, 6.45) is 9.22. The maximum Gasteiger partial charge on any atom is 0.314 e. The number of carbonyl (C=O) groups is 1. The molecule has 0 aromatic rings. The van der Waals surface area contributed by atoms with E-state index in [0.29, 0.717) is 0 Å². The van der Waals surface area contributed by atoms with Gasteiger partial charge in [0, 0.05) is 6.42 Å². The van der Waals surface area contributed by atoms with Crippen LogP contribution in [0.15, 0.2) is 0 Å². The highest BCUT2D eigenvalue weighted by molar-refractivity contribution is 6.93. The largest absolute Gasteiger partial charge is 0.481 e. The second-order valence-corrected chi connectivity index (χ2v) is 57.7. The number of rotatable bonds is 29. The Labute approximate surface area is 337 Å². The third kappa shape index (κ3) is 29.2. The van der Waals surface area contributed by atoms with Gasteiger partial charge in [0.05, 0.1) is 0 Å². The molecule has 11 nitrogen and oxygen atoms in total. The molecule has 0 rings (SSSR count). The van der Waals surface area contributed by atoms with E-state index < -0.39 is 91.1 Å². The highest BCUT2D eigenvalue weighted by Gasteiger charge is 2.50. The quantitative estimate of drug-likeness (QED) is 0.0570. The van der Waals surface area contributed by atoms with Crippen LogP contribution in [0, 0.1) is 0 Å². The fourth-order valence-electron chi connectivity index (χ4n) is 7.65. The summed E-state index contributed by atoms with van der Waals surface area (Å²) in [7, 11) is -24.4. The van der Waals surface area contributed by atoms with E-state index in [-0.39, 0.29) is 6.42 Å². The molecule has 21 heteroatoms. The van der Waals surface area contributed by atoms with Crippen LogP contribution in [0.25, 0.3) is 0 Å². The first-order chi connectivity index (χ1) is 23.3. The van der Waals surface area contributed by atoms with E-state index in [1.165, 1.54) is 32.1 Å². The molecule has 1 N–H and O–H groups in total. The molecule has 0 aliphatic heterocycles. The number of hydrogen-bond acceptors (Lipinski definition) is 10. The van der Waals surface area contributed by atoms with E-state index in [0.717, 1.165) is 25.3 Å². The summed E-state index contributed by atoms with van der Waals surface area (Å²) >= 11 is 0. The van der Waals surface area contributed by atoms with Gasteiger partial charge >= 0.3 is 74.5 Å². The number of carboxylic acids is 1. The zero-order valence-electron chi connectivity index (χ0n) is 38.1. The first kappa shape index (κ1) is 54.3. The molecule has 0 aromatic carbocycles. The van der Waals surface area contributed by atoms with Gasteiger partial charge in [-0.3, -0.25) is 4.79 Å². The first-order valence-electron chi connectivity index (χ1n) is 19.8. The van der Waals surface area contributed by atoms with Crippen LogP contribution in [0.2, 0.25) is 144 Å². The SMILES string of the molecule is C[Si](C)(C)O[Si](C)(C)O[Si](C)(C)O[Si](C)(C)O[Si](C)(C)O[Si](C)(C)O[Si](C)(C)O[Si](C)(C)O[Si](C)(C)O[Si](C)(C)CCCCCCCCCCC(=O)O. The third-order valence-electron chi connectivity index (χ3n) is 7.43. The van der Waals surface area contributed by atoms with Crippen LogP contribution in [0.1, 0.15) is 57.8 Å². The van der Waals surface area contributed by atoms with E-state index in [4.69, 9.17) is 42.1 Å². The molecule has 0 aliphatic rings. The van der Waals surface area contributed by atoms with Gasteiger partial charge in [-0.2, -0.15) is 0 Å². The van der Waals surface area contributed by atoms with E-state index in [9.17, 15) is 4.79 Å². The Kier molecular flexibility index (Phi) is 21.5. The second-order valence-electron chi connectivity index (χ2n) is 19.7. The molecule has 0 amide bonds. The van der Waals surface area contributed by atoms with E-state index in [2.05, 4.69) is 137 Å². The van der Waals surface area contributed by atoms with Crippen LogP contribution in [-0.4, -0.2) is 96.2 Å². The van der Waals surface area contributed by atoms with Gasteiger partial charge in [-0.1, -0.05) is 44.9 Å². The van der Waals surface area contributed by atoms with Crippen molar-refractivity contribution in [3.63, 3.8) is 0 Å². The summed E-state index contributed by atoms with van der Waals surface area (Å²) in [5.74, 6) is -0.692. The fraction of sp³-hybridized carbons (Fsp3) is 0.969. The van der Waals surface area contributed by atoms with Gasteiger partial charge in [0.2, 0.25) is 0 Å². The maximum absolute atomic E-state index is 10.7. The molecule has 318 valence electrons. The zero-order valence-corrected chi connectivity index (χ0v) is 48.1. The van der Waals surface area contributed by atoms with Crippen LogP contribution in [0.4, 0.5) is 0 Å². The van der Waals surface area contributed by atoms with Crippen LogP contribution < -0.4 is 0 Å². The lowest BCUT2D eigenvalue weighted by atomic mass is 10.1. The normalized spacial score (nSPS) is 15.0. The molecule has 0 unspecified atom stereocenters. The van der Waals surface area contributed by atoms with Crippen LogP contribution in [-0.2, 0) is 41.8 Å². The van der Waals surface area contributed by atoms with Crippen molar-refractivity contribution in [2.24, 2.45) is 0 Å². The predicted octanol–water partition coefficient (Wildman–Crippen LogP) is 11.4. The number of unbranched alkanes of at least 4 members (excludes halogenated alkanes) is 7. The van der Waals surface area contributed by atoms with Crippen LogP contribution in [0.3, 0.4) is 0 Å². The second kappa shape index (κ2) is 21.0. The standard InChI is InChI=1S/C32H84O11Si10/c1-44(2,3)35-46(6,7)37-48(10,11)39-50(14,15)41-52(18,19)43-53(20,21)42-51(16,17)40-49(12,13)38-47(8,9)36-45(4,5)31-29-27-25-23-22-24-26-28-30-32(33)34/h22-31H2,1-21H3,(H,33,34). The summed E-state index contributed by atoms with van der Waals surface area (Å²) < 4.78 is 60.7. The molecule has 0 spiro atoms. The Balaban J connectivity index is 5.14. The molecule has 0 saturated heterocycles. The molecule has 0 radical (unpaired) electrons. The summed E-state index contributed by atoms with van der Waals surface area (Å²) in [6, 6.07) is 1.11. The topological polar surface area (TPSA) is 120 Å². The molecular weight excluding hydrogens is 841 g/mol. The minimum atomic E-state index is -2.69. The van der Waals surface area contributed by atoms with Crippen molar-refractivity contribution in [1.82, 2.24) is 0 Å². The number of hydrogen-bond donors (Lipinski definition) is 1. The van der Waals surface area contributed by atoms with Crippen molar-refractivity contribution in [1.29, 1.82) is 0 Å². The highest BCUT2D eigenvalue weighted by atomic mass is 28.5. The van der Waals surface area contributed by atoms with Crippen LogP contribution in [0.5, 0.6) is 0 Å². The van der Waals surface area contributed by atoms with Crippen molar-refractivity contribution < 1.29 is 46.9 Å². The smallest absolute Gasteiger partial charge is 0.314 e. The maximum atomic E-state index is 10.7. The van der Waals surface area contributed by atoms with E-state index in [1.807, 2.05) is 0 Å². The Hall–Kier alpha value is 1.28. The number of carboxylic acid groups (broad SMARTS) is 1. The highest BCUT2D eigenvalue weighted by Crippen LogP contribution is 2.31. The molecular formula is C32H84O11Si10. The predicted molar refractivity (Wildman–Crippen MR) is 244 cm³/mol. The zero-order chi connectivity index (χ0) is 42.0. The van der Waals surface area contributed by atoms with Crippen molar-refractivity contribution in [3.05, 3.63) is 0 Å². The molecule has 53 heavy (non-hydrogen) atoms. The van der Waals surface area contributed by atoms with Crippen molar-refractivity contribution in [2.75, 3.05) is 0 Å². The summed E-state index contributed by atoms with van der Waals surface area (Å²) in [5, 5.41) is 8.77. The minimum Gasteiger partial charge on any atom is -0.481 e. The fourth-order valence-corrected chi connectivity index (χ4v) is 57.9. The van der Waals surface area contributed by atoms with E-state index >= 15 is 0 Å². The molecule has 0 heterocycles. The van der Waals surface area contributed by atoms with Gasteiger partial charge in [-0.05, 0) is 150 Å². The lowest BCUT2D eigenvalue weighted by Gasteiger charge is -2.44. The Morgan fingerprint density at radius 2 is 0.566 bits per heavy atom. The monoisotopic (exact) mass is 924 g/mol. The molecule has 0 aliphatic carbocycles. The lowest BCUT2D eigenvalue weighted by Crippen LogP contribution is -2.62. The van der Waals surface area contributed by atoms with Gasteiger partial charge in [0.15, 0.2) is 16.6 Å². The van der Waals surface area contributed by atoms with Gasteiger partial charge in [-0.25, -0.2) is 0 Å². The first-order valence-corrected chi connectivity index (χ1v) is 48.9. The molecule has 0 aromatic heterocycles. The van der Waals surface area contributed by atoms with Crippen LogP contribution >= 0.6 is 0 Å². The Bertz CT molecular complexity index is 1110. The molecule has 0 bridgehead atoms. The molecule has 0 atom stereocenters. The van der Waals surface area contributed by atoms with Crippen molar-refractivity contribution >= 4 is 91.1 Å². The molecule has 0 saturated carbocycles. The summed E-state index contributed by atoms with van der Waals surface area (Å²) in [6.45, 7) is 44.7. The van der Waals surface area contributed by atoms with E-state index in [1.54, 1.807) is 0 Å². The summed E-state index contributed by atoms with van der Waals surface area (Å²) in [4.78, 5) is 10.7. The molecule has 0 fully saturated rings. The average Bonchev–Trinajstić information content (AvgIpc) is 2.76. The lowest BCUT2D eigenvalue weighted by molar-refractivity contribution is -0.137. The van der Waals surface area contributed by atoms with Crippen molar-refractivity contribution in [2.45, 2.75) is 201 Å². The average molecular weight is 926 g/mol. The van der Waals surface area contributed by atoms with Gasteiger partial charge in [0.1, 0.15) is 0 Å². The van der Waals surface area contributed by atoms with Gasteiger partial charge < -0.3 is 42.1 Å². The van der Waals surface area contributed by atoms with Gasteiger partial charge in [0.25, 0.3) is 0 Å². The Morgan fingerprint density at radius 3 is 0.830 bits per heavy atom. The Morgan fingerprint density at radius 1 is 0.340 bits per heavy atom.